The highest BCUT2D eigenvalue weighted by Crippen LogP contribution is 2.30. The number of aliphatic hydroxyl groups excluding tert-OH is 1. The predicted molar refractivity (Wildman–Crippen MR) is 97.5 cm³/mol. The van der Waals surface area contributed by atoms with E-state index < -0.39 is 5.97 Å². The normalized spacial score (nSPS) is 14.3. The van der Waals surface area contributed by atoms with Crippen molar-refractivity contribution in [1.82, 2.24) is 9.88 Å². The molecule has 3 rings (SSSR count). The lowest BCUT2D eigenvalue weighted by Crippen LogP contribution is -2.31. The first kappa shape index (κ1) is 17.9. The number of amides is 1. The van der Waals surface area contributed by atoms with Crippen molar-refractivity contribution < 1.29 is 19.4 Å². The number of pyridine rings is 1. The highest BCUT2D eigenvalue weighted by atomic mass is 16.5. The Morgan fingerprint density at radius 2 is 2.08 bits per heavy atom. The van der Waals surface area contributed by atoms with Crippen LogP contribution in [-0.2, 0) is 14.3 Å². The van der Waals surface area contributed by atoms with Crippen LogP contribution in [0.4, 0.5) is 5.69 Å². The van der Waals surface area contributed by atoms with E-state index in [1.54, 1.807) is 0 Å². The fraction of sp³-hybridized carbons (Fsp3) is 0.316. The molecule has 0 bridgehead atoms. The first-order chi connectivity index (χ1) is 12.5. The fourth-order valence-corrected chi connectivity index (χ4v) is 3.05. The van der Waals surface area contributed by atoms with Crippen molar-refractivity contribution in [3.8, 4) is 0 Å². The molecule has 0 radical (unpaired) electrons. The van der Waals surface area contributed by atoms with Crippen LogP contribution in [0.5, 0.6) is 0 Å². The van der Waals surface area contributed by atoms with E-state index in [1.165, 1.54) is 12.0 Å². The third-order valence-electron chi connectivity index (χ3n) is 4.42. The van der Waals surface area contributed by atoms with Gasteiger partial charge < -0.3 is 20.1 Å². The number of hydrogen-bond donors (Lipinski definition) is 2. The van der Waals surface area contributed by atoms with E-state index >= 15 is 0 Å². The summed E-state index contributed by atoms with van der Waals surface area (Å²) >= 11 is 0. The zero-order valence-corrected chi connectivity index (χ0v) is 15.0. The van der Waals surface area contributed by atoms with Crippen LogP contribution in [0, 0.1) is 13.8 Å². The van der Waals surface area contributed by atoms with Crippen molar-refractivity contribution in [2.24, 2.45) is 0 Å². The molecule has 0 atom stereocenters. The molecule has 1 aliphatic rings. The van der Waals surface area contributed by atoms with Crippen molar-refractivity contribution in [3.05, 3.63) is 46.8 Å². The van der Waals surface area contributed by atoms with Crippen LogP contribution in [0.25, 0.3) is 10.9 Å². The molecular formula is C19H21N3O4. The number of anilines is 1. The van der Waals surface area contributed by atoms with Gasteiger partial charge >= 0.3 is 5.97 Å². The lowest BCUT2D eigenvalue weighted by atomic mass is 10.1. The number of hydrogen-bond acceptors (Lipinski definition) is 6. The molecule has 0 saturated heterocycles. The highest BCUT2D eigenvalue weighted by molar-refractivity contribution is 6.10. The molecule has 7 heteroatoms. The summed E-state index contributed by atoms with van der Waals surface area (Å²) in [6.07, 6.45) is 0. The third kappa shape index (κ3) is 3.13. The van der Waals surface area contributed by atoms with Gasteiger partial charge in [-0.05, 0) is 37.6 Å². The molecule has 0 saturated carbocycles. The molecular weight excluding hydrogens is 334 g/mol. The Labute approximate surface area is 151 Å². The van der Waals surface area contributed by atoms with Crippen LogP contribution in [0.1, 0.15) is 11.3 Å². The summed E-state index contributed by atoms with van der Waals surface area (Å²) in [4.78, 5) is 30.8. The first-order valence-electron chi connectivity index (χ1n) is 8.32. The average Bonchev–Trinajstić information content (AvgIpc) is 2.93. The topological polar surface area (TPSA) is 91.8 Å². The largest absolute Gasteiger partial charge is 0.466 e. The second-order valence-electron chi connectivity index (χ2n) is 6.20. The van der Waals surface area contributed by atoms with Crippen molar-refractivity contribution >= 4 is 28.5 Å². The Morgan fingerprint density at radius 3 is 2.77 bits per heavy atom. The molecule has 0 fully saturated rings. The standard InChI is InChI=1S/C19H21N3O4/c1-11-4-7-15-13(6-5-12(2)20-15)16(11)21-17-14(19(25)26-3)10-22(8-9-23)18(17)24/h4-7,21,23H,8-10H2,1-3H3. The summed E-state index contributed by atoms with van der Waals surface area (Å²) in [7, 11) is 1.28. The van der Waals surface area contributed by atoms with E-state index in [-0.39, 0.29) is 36.9 Å². The number of carbonyl (C=O) groups excluding carboxylic acids is 2. The van der Waals surface area contributed by atoms with Gasteiger partial charge in [-0.15, -0.1) is 0 Å². The van der Waals surface area contributed by atoms with Gasteiger partial charge in [-0.25, -0.2) is 4.79 Å². The number of ether oxygens (including phenoxy) is 1. The maximum Gasteiger partial charge on any atom is 0.337 e. The van der Waals surface area contributed by atoms with Gasteiger partial charge in [0.1, 0.15) is 5.70 Å². The van der Waals surface area contributed by atoms with Gasteiger partial charge in [0, 0.05) is 17.6 Å². The smallest absolute Gasteiger partial charge is 0.337 e. The summed E-state index contributed by atoms with van der Waals surface area (Å²) in [6, 6.07) is 7.68. The number of nitrogens with zero attached hydrogens (tertiary/aromatic N) is 2. The number of benzene rings is 1. The Balaban J connectivity index is 2.08. The van der Waals surface area contributed by atoms with Crippen LogP contribution >= 0.6 is 0 Å². The van der Waals surface area contributed by atoms with Gasteiger partial charge in [-0.2, -0.15) is 0 Å². The van der Waals surface area contributed by atoms with E-state index in [0.29, 0.717) is 0 Å². The summed E-state index contributed by atoms with van der Waals surface area (Å²) in [5, 5.41) is 13.2. The number of aromatic nitrogens is 1. The molecule has 26 heavy (non-hydrogen) atoms. The van der Waals surface area contributed by atoms with Gasteiger partial charge in [0.2, 0.25) is 0 Å². The molecule has 2 N–H and O–H groups in total. The molecule has 0 unspecified atom stereocenters. The molecule has 136 valence electrons. The van der Waals surface area contributed by atoms with Gasteiger partial charge in [0.25, 0.3) is 5.91 Å². The number of fused-ring (bicyclic) bond motifs is 1. The lowest BCUT2D eigenvalue weighted by Gasteiger charge is -2.16. The van der Waals surface area contributed by atoms with Gasteiger partial charge in [0.05, 0.1) is 37.0 Å². The zero-order chi connectivity index (χ0) is 18.8. The maximum atomic E-state index is 12.7. The van der Waals surface area contributed by atoms with Crippen LogP contribution in [0.3, 0.4) is 0 Å². The quantitative estimate of drug-likeness (QED) is 0.790. The van der Waals surface area contributed by atoms with E-state index in [0.717, 1.165) is 27.8 Å². The Kier molecular flexibility index (Phi) is 4.90. The molecule has 1 aromatic carbocycles. The van der Waals surface area contributed by atoms with Crippen molar-refractivity contribution in [3.63, 3.8) is 0 Å². The minimum Gasteiger partial charge on any atom is -0.466 e. The predicted octanol–water partition coefficient (Wildman–Crippen LogP) is 1.53. The average molecular weight is 355 g/mol. The molecule has 2 heterocycles. The number of aliphatic hydroxyl groups is 1. The molecule has 0 aliphatic carbocycles. The van der Waals surface area contributed by atoms with Crippen LogP contribution in [0.2, 0.25) is 0 Å². The number of carbonyl (C=O) groups is 2. The van der Waals surface area contributed by atoms with Gasteiger partial charge in [0.15, 0.2) is 0 Å². The number of β-amino-alcohol motifs (C(OH)–C–C–N with tert-alkyl or cyclic N) is 1. The summed E-state index contributed by atoms with van der Waals surface area (Å²) in [5.41, 5.74) is 3.78. The number of methoxy groups -OCH3 is 1. The molecule has 1 aliphatic heterocycles. The summed E-state index contributed by atoms with van der Waals surface area (Å²) in [6.45, 7) is 3.92. The second-order valence-corrected chi connectivity index (χ2v) is 6.20. The molecule has 1 amide bonds. The fourth-order valence-electron chi connectivity index (χ4n) is 3.05. The highest BCUT2D eigenvalue weighted by Gasteiger charge is 2.34. The van der Waals surface area contributed by atoms with Crippen LogP contribution in [0.15, 0.2) is 35.5 Å². The van der Waals surface area contributed by atoms with Gasteiger partial charge in [-0.1, -0.05) is 6.07 Å². The van der Waals surface area contributed by atoms with Crippen LogP contribution < -0.4 is 5.32 Å². The second kappa shape index (κ2) is 7.13. The van der Waals surface area contributed by atoms with Crippen molar-refractivity contribution in [2.75, 3.05) is 32.1 Å². The van der Waals surface area contributed by atoms with Crippen molar-refractivity contribution in [1.29, 1.82) is 0 Å². The van der Waals surface area contributed by atoms with Gasteiger partial charge in [-0.3, -0.25) is 9.78 Å². The van der Waals surface area contributed by atoms with E-state index in [1.807, 2.05) is 38.1 Å². The Morgan fingerprint density at radius 1 is 1.31 bits per heavy atom. The van der Waals surface area contributed by atoms with E-state index in [2.05, 4.69) is 10.3 Å². The number of rotatable bonds is 5. The third-order valence-corrected chi connectivity index (χ3v) is 4.42. The van der Waals surface area contributed by atoms with Crippen molar-refractivity contribution in [2.45, 2.75) is 13.8 Å². The lowest BCUT2D eigenvalue weighted by molar-refractivity contribution is -0.136. The summed E-state index contributed by atoms with van der Waals surface area (Å²) in [5.74, 6) is -0.899. The zero-order valence-electron chi connectivity index (χ0n) is 15.0. The maximum absolute atomic E-state index is 12.7. The first-order valence-corrected chi connectivity index (χ1v) is 8.32. The van der Waals surface area contributed by atoms with Crippen LogP contribution in [-0.4, -0.2) is 53.7 Å². The number of esters is 1. The summed E-state index contributed by atoms with van der Waals surface area (Å²) < 4.78 is 4.82. The molecule has 0 spiro atoms. The monoisotopic (exact) mass is 355 g/mol. The minimum absolute atomic E-state index is 0.107. The molecule has 7 nitrogen and oxygen atoms in total. The SMILES string of the molecule is COC(=O)C1=C(Nc2c(C)ccc3nc(C)ccc23)C(=O)N(CCO)C1. The molecule has 1 aromatic heterocycles. The minimum atomic E-state index is -0.562. The van der Waals surface area contributed by atoms with E-state index in [9.17, 15) is 9.59 Å². The number of aryl methyl sites for hydroxylation is 2. The molecule has 2 aromatic rings. The van der Waals surface area contributed by atoms with E-state index in [4.69, 9.17) is 9.84 Å². The Hall–Kier alpha value is -2.93. The Bertz CT molecular complexity index is 920. The number of nitrogens with one attached hydrogen (secondary N) is 1.